The molecule has 5 heteroatoms. The topological polar surface area (TPSA) is 48.3 Å². The monoisotopic (exact) mass is 405 g/mol. The largest absolute Gasteiger partial charge is 0.444 e. The molecule has 22 heavy (non-hydrogen) atoms. The molecule has 0 saturated carbocycles. The Hall–Kier alpha value is -2.15. The van der Waals surface area contributed by atoms with Gasteiger partial charge in [-0.1, -0.05) is 36.4 Å². The number of hydrogen-bond donors (Lipinski definition) is 0. The van der Waals surface area contributed by atoms with Gasteiger partial charge in [0.05, 0.1) is 5.52 Å². The predicted molar refractivity (Wildman–Crippen MR) is 92.1 cm³/mol. The number of benzene rings is 2. The van der Waals surface area contributed by atoms with Crippen LogP contribution in [0.3, 0.4) is 0 Å². The molecule has 0 unspecified atom stereocenters. The number of carbonyl (C=O) groups excluding carboxylic acids is 2. The van der Waals surface area contributed by atoms with E-state index in [0.29, 0.717) is 11.1 Å². The maximum atomic E-state index is 12.3. The highest BCUT2D eigenvalue weighted by Crippen LogP contribution is 2.25. The van der Waals surface area contributed by atoms with E-state index >= 15 is 0 Å². The number of carbonyl (C=O) groups is 2. The lowest BCUT2D eigenvalue weighted by molar-refractivity contribution is 0.112. The number of hydrogen-bond acceptors (Lipinski definition) is 3. The molecule has 0 N–H and O–H groups in total. The molecule has 0 amide bonds. The average molecular weight is 405 g/mol. The standard InChI is InChI=1S/C17H12INO3/c18-14-7-4-8-15-16(14)13(10-20)9-19(15)17(21)22-11-12-5-2-1-3-6-12/h1-10H,11H2. The highest BCUT2D eigenvalue weighted by Gasteiger charge is 2.16. The number of halogens is 1. The fourth-order valence-corrected chi connectivity index (χ4v) is 3.10. The molecule has 0 radical (unpaired) electrons. The van der Waals surface area contributed by atoms with Gasteiger partial charge in [-0.3, -0.25) is 9.36 Å². The average Bonchev–Trinajstić information content (AvgIpc) is 2.94. The van der Waals surface area contributed by atoms with Crippen molar-refractivity contribution in [3.05, 3.63) is 69.4 Å². The van der Waals surface area contributed by atoms with E-state index in [1.165, 1.54) is 10.8 Å². The number of aldehydes is 1. The summed E-state index contributed by atoms with van der Waals surface area (Å²) < 4.78 is 7.63. The van der Waals surface area contributed by atoms with Crippen molar-refractivity contribution in [2.75, 3.05) is 0 Å². The van der Waals surface area contributed by atoms with E-state index in [2.05, 4.69) is 22.6 Å². The lowest BCUT2D eigenvalue weighted by Crippen LogP contribution is -2.12. The molecule has 1 heterocycles. The molecule has 2 aromatic carbocycles. The van der Waals surface area contributed by atoms with Crippen LogP contribution in [0.1, 0.15) is 15.9 Å². The van der Waals surface area contributed by atoms with Gasteiger partial charge in [0.2, 0.25) is 0 Å². The minimum atomic E-state index is -0.496. The van der Waals surface area contributed by atoms with Crippen molar-refractivity contribution in [2.45, 2.75) is 6.61 Å². The molecule has 3 rings (SSSR count). The number of nitrogens with zero attached hydrogens (tertiary/aromatic N) is 1. The minimum absolute atomic E-state index is 0.194. The van der Waals surface area contributed by atoms with E-state index in [4.69, 9.17) is 4.74 Å². The second-order valence-electron chi connectivity index (χ2n) is 4.75. The van der Waals surface area contributed by atoms with E-state index in [-0.39, 0.29) is 6.61 Å². The van der Waals surface area contributed by atoms with E-state index in [9.17, 15) is 9.59 Å². The first-order valence-electron chi connectivity index (χ1n) is 6.66. The molecule has 0 bridgehead atoms. The lowest BCUT2D eigenvalue weighted by atomic mass is 10.2. The van der Waals surface area contributed by atoms with Crippen LogP contribution >= 0.6 is 22.6 Å². The maximum absolute atomic E-state index is 12.3. The Bertz CT molecular complexity index is 840. The first-order valence-corrected chi connectivity index (χ1v) is 7.74. The zero-order chi connectivity index (χ0) is 15.5. The number of rotatable bonds is 3. The van der Waals surface area contributed by atoms with Crippen molar-refractivity contribution in [2.24, 2.45) is 0 Å². The van der Waals surface area contributed by atoms with Gasteiger partial charge in [0.15, 0.2) is 6.29 Å². The van der Waals surface area contributed by atoms with Crippen molar-refractivity contribution in [3.63, 3.8) is 0 Å². The van der Waals surface area contributed by atoms with Gasteiger partial charge in [-0.25, -0.2) is 4.79 Å². The van der Waals surface area contributed by atoms with Crippen LogP contribution in [0.15, 0.2) is 54.7 Å². The van der Waals surface area contributed by atoms with Gasteiger partial charge < -0.3 is 4.74 Å². The van der Waals surface area contributed by atoms with Crippen LogP contribution in [0, 0.1) is 3.57 Å². The Morgan fingerprint density at radius 3 is 2.64 bits per heavy atom. The summed E-state index contributed by atoms with van der Waals surface area (Å²) in [6.07, 6.45) is 1.78. The van der Waals surface area contributed by atoms with Gasteiger partial charge >= 0.3 is 6.09 Å². The van der Waals surface area contributed by atoms with E-state index in [1.54, 1.807) is 6.07 Å². The van der Waals surface area contributed by atoms with Crippen LogP contribution in [0.5, 0.6) is 0 Å². The third kappa shape index (κ3) is 2.76. The second kappa shape index (κ2) is 6.31. The van der Waals surface area contributed by atoms with Crippen LogP contribution < -0.4 is 0 Å². The van der Waals surface area contributed by atoms with Crippen molar-refractivity contribution in [3.8, 4) is 0 Å². The normalized spacial score (nSPS) is 10.6. The van der Waals surface area contributed by atoms with Gasteiger partial charge in [0.25, 0.3) is 0 Å². The van der Waals surface area contributed by atoms with Gasteiger partial charge in [-0.05, 0) is 40.3 Å². The van der Waals surface area contributed by atoms with Crippen molar-refractivity contribution >= 4 is 45.9 Å². The minimum Gasteiger partial charge on any atom is -0.444 e. The van der Waals surface area contributed by atoms with E-state index < -0.39 is 6.09 Å². The molecular weight excluding hydrogens is 393 g/mol. The SMILES string of the molecule is O=Cc1cn(C(=O)OCc2ccccc2)c2cccc(I)c12. The van der Waals surface area contributed by atoms with Crippen molar-refractivity contribution < 1.29 is 14.3 Å². The summed E-state index contributed by atoms with van der Waals surface area (Å²) in [5, 5.41) is 0.773. The number of ether oxygens (including phenoxy) is 1. The fourth-order valence-electron chi connectivity index (χ4n) is 2.30. The molecule has 0 atom stereocenters. The molecule has 0 saturated heterocycles. The van der Waals surface area contributed by atoms with Crippen LogP contribution in [0.25, 0.3) is 10.9 Å². The summed E-state index contributed by atoms with van der Waals surface area (Å²) in [6, 6.07) is 15.0. The third-order valence-corrected chi connectivity index (χ3v) is 4.24. The zero-order valence-electron chi connectivity index (χ0n) is 11.5. The second-order valence-corrected chi connectivity index (χ2v) is 5.91. The van der Waals surface area contributed by atoms with Crippen LogP contribution in [0.4, 0.5) is 4.79 Å². The fraction of sp³-hybridized carbons (Fsp3) is 0.0588. The van der Waals surface area contributed by atoms with E-state index in [1.807, 2.05) is 42.5 Å². The summed E-state index contributed by atoms with van der Waals surface area (Å²) >= 11 is 2.15. The molecule has 0 aliphatic rings. The first-order chi connectivity index (χ1) is 10.7. The molecule has 3 aromatic rings. The van der Waals surface area contributed by atoms with Gasteiger partial charge in [0, 0.05) is 20.7 Å². The van der Waals surface area contributed by atoms with Crippen molar-refractivity contribution in [1.82, 2.24) is 4.57 Å². The highest BCUT2D eigenvalue weighted by atomic mass is 127. The van der Waals surface area contributed by atoms with Crippen LogP contribution in [-0.4, -0.2) is 16.9 Å². The molecule has 0 aliphatic heterocycles. The third-order valence-electron chi connectivity index (χ3n) is 3.34. The number of fused-ring (bicyclic) bond motifs is 1. The Morgan fingerprint density at radius 2 is 1.91 bits per heavy atom. The summed E-state index contributed by atoms with van der Waals surface area (Å²) in [6.45, 7) is 0.194. The molecule has 0 spiro atoms. The zero-order valence-corrected chi connectivity index (χ0v) is 13.7. The van der Waals surface area contributed by atoms with Crippen LogP contribution in [0.2, 0.25) is 0 Å². The van der Waals surface area contributed by atoms with Gasteiger partial charge in [-0.15, -0.1) is 0 Å². The van der Waals surface area contributed by atoms with Gasteiger partial charge in [0.1, 0.15) is 6.61 Å². The Balaban J connectivity index is 1.91. The molecule has 4 nitrogen and oxygen atoms in total. The summed E-state index contributed by atoms with van der Waals surface area (Å²) in [5.74, 6) is 0. The predicted octanol–water partition coefficient (Wildman–Crippen LogP) is 4.24. The van der Waals surface area contributed by atoms with E-state index in [0.717, 1.165) is 20.8 Å². The summed E-state index contributed by atoms with van der Waals surface area (Å²) in [4.78, 5) is 23.5. The molecule has 1 aromatic heterocycles. The first kappa shape index (κ1) is 14.8. The maximum Gasteiger partial charge on any atom is 0.418 e. The smallest absolute Gasteiger partial charge is 0.418 e. The quantitative estimate of drug-likeness (QED) is 0.484. The van der Waals surface area contributed by atoms with Crippen molar-refractivity contribution in [1.29, 1.82) is 0 Å². The van der Waals surface area contributed by atoms with Gasteiger partial charge in [-0.2, -0.15) is 0 Å². The Morgan fingerprint density at radius 1 is 1.14 bits per heavy atom. The van der Waals surface area contributed by atoms with Crippen LogP contribution in [-0.2, 0) is 11.3 Å². The molecule has 0 fully saturated rings. The summed E-state index contributed by atoms with van der Waals surface area (Å²) in [7, 11) is 0. The molecule has 0 aliphatic carbocycles. The Labute approximate surface area is 140 Å². The lowest BCUT2D eigenvalue weighted by Gasteiger charge is -2.06. The summed E-state index contributed by atoms with van der Waals surface area (Å²) in [5.41, 5.74) is 2.07. The molecule has 110 valence electrons. The number of aromatic nitrogens is 1. The Kier molecular flexibility index (Phi) is 4.24. The highest BCUT2D eigenvalue weighted by molar-refractivity contribution is 14.1. The molecular formula is C17H12INO3.